The summed E-state index contributed by atoms with van der Waals surface area (Å²) in [4.78, 5) is 0.341. The standard InChI is InChI=1S/C14H23NO3S/c1-8(16)7-15-19(17,18)14-12(5)10(3)9(2)11(4)13(14)6/h8,15-16H,7H2,1-6H3/t8-/m0/s1. The SMILES string of the molecule is Cc1c(C)c(C)c(S(=O)(=O)NC[C@H](C)O)c(C)c1C. The lowest BCUT2D eigenvalue weighted by molar-refractivity contribution is 0.198. The van der Waals surface area contributed by atoms with Crippen molar-refractivity contribution < 1.29 is 13.5 Å². The fourth-order valence-electron chi connectivity index (χ4n) is 2.17. The maximum atomic E-state index is 12.4. The lowest BCUT2D eigenvalue weighted by atomic mass is 9.95. The second-order valence-electron chi connectivity index (χ2n) is 5.16. The molecule has 2 N–H and O–H groups in total. The number of aliphatic hydroxyl groups excluding tert-OH is 1. The minimum absolute atomic E-state index is 0.0210. The molecule has 0 saturated carbocycles. The molecule has 0 radical (unpaired) electrons. The van der Waals surface area contributed by atoms with Gasteiger partial charge in [-0.2, -0.15) is 0 Å². The number of rotatable bonds is 4. The van der Waals surface area contributed by atoms with Crippen molar-refractivity contribution >= 4 is 10.0 Å². The minimum atomic E-state index is -3.59. The van der Waals surface area contributed by atoms with Crippen LogP contribution in [0.5, 0.6) is 0 Å². The van der Waals surface area contributed by atoms with Gasteiger partial charge in [-0.05, 0) is 69.4 Å². The molecule has 0 spiro atoms. The van der Waals surface area contributed by atoms with Crippen molar-refractivity contribution in [1.29, 1.82) is 0 Å². The quantitative estimate of drug-likeness (QED) is 0.888. The maximum Gasteiger partial charge on any atom is 0.241 e. The van der Waals surface area contributed by atoms with E-state index < -0.39 is 16.1 Å². The second kappa shape index (κ2) is 5.61. The first-order valence-corrected chi connectivity index (χ1v) is 7.82. The van der Waals surface area contributed by atoms with E-state index in [1.165, 1.54) is 0 Å². The third-order valence-electron chi connectivity index (χ3n) is 3.77. The Labute approximate surface area is 115 Å². The van der Waals surface area contributed by atoms with Crippen molar-refractivity contribution in [2.24, 2.45) is 0 Å². The summed E-state index contributed by atoms with van der Waals surface area (Å²) in [6.07, 6.45) is -0.706. The molecule has 1 rings (SSSR count). The number of benzene rings is 1. The van der Waals surface area contributed by atoms with Gasteiger partial charge in [0.25, 0.3) is 0 Å². The van der Waals surface area contributed by atoms with Gasteiger partial charge in [-0.1, -0.05) is 0 Å². The zero-order valence-electron chi connectivity index (χ0n) is 12.5. The summed E-state index contributed by atoms with van der Waals surface area (Å²) in [5, 5.41) is 9.23. The van der Waals surface area contributed by atoms with Crippen LogP contribution in [0.1, 0.15) is 34.7 Å². The predicted molar refractivity (Wildman–Crippen MR) is 77.0 cm³/mol. The summed E-state index contributed by atoms with van der Waals surface area (Å²) in [6, 6.07) is 0. The van der Waals surface area contributed by atoms with E-state index in [2.05, 4.69) is 4.72 Å². The van der Waals surface area contributed by atoms with E-state index in [0.717, 1.165) is 27.8 Å². The van der Waals surface area contributed by atoms with Crippen LogP contribution in [0.2, 0.25) is 0 Å². The van der Waals surface area contributed by atoms with Gasteiger partial charge in [0.15, 0.2) is 0 Å². The summed E-state index contributed by atoms with van der Waals surface area (Å²) in [5.41, 5.74) is 4.68. The van der Waals surface area contributed by atoms with Crippen LogP contribution >= 0.6 is 0 Å². The molecule has 19 heavy (non-hydrogen) atoms. The Balaban J connectivity index is 3.43. The third kappa shape index (κ3) is 3.16. The fourth-order valence-corrected chi connectivity index (χ4v) is 3.89. The van der Waals surface area contributed by atoms with E-state index in [1.807, 2.05) is 34.6 Å². The fraction of sp³-hybridized carbons (Fsp3) is 0.571. The Morgan fingerprint density at radius 1 is 0.947 bits per heavy atom. The smallest absolute Gasteiger partial charge is 0.241 e. The van der Waals surface area contributed by atoms with Crippen LogP contribution in [0.25, 0.3) is 0 Å². The van der Waals surface area contributed by atoms with E-state index in [1.54, 1.807) is 6.92 Å². The predicted octanol–water partition coefficient (Wildman–Crippen LogP) is 1.89. The number of nitrogens with one attached hydrogen (secondary N) is 1. The van der Waals surface area contributed by atoms with Gasteiger partial charge in [-0.15, -0.1) is 0 Å². The monoisotopic (exact) mass is 285 g/mol. The number of hydrogen-bond acceptors (Lipinski definition) is 3. The molecule has 0 fully saturated rings. The molecule has 1 atom stereocenters. The number of hydrogen-bond donors (Lipinski definition) is 2. The molecule has 108 valence electrons. The highest BCUT2D eigenvalue weighted by Gasteiger charge is 2.23. The van der Waals surface area contributed by atoms with E-state index >= 15 is 0 Å². The molecule has 0 bridgehead atoms. The van der Waals surface area contributed by atoms with Crippen LogP contribution in [-0.4, -0.2) is 26.2 Å². The van der Waals surface area contributed by atoms with Crippen molar-refractivity contribution in [3.05, 3.63) is 27.8 Å². The summed E-state index contributed by atoms with van der Waals surface area (Å²) in [7, 11) is -3.59. The van der Waals surface area contributed by atoms with Crippen LogP contribution in [-0.2, 0) is 10.0 Å². The molecule has 0 aliphatic heterocycles. The zero-order chi connectivity index (χ0) is 15.0. The van der Waals surface area contributed by atoms with Crippen molar-refractivity contribution in [2.75, 3.05) is 6.54 Å². The normalized spacial score (nSPS) is 13.6. The zero-order valence-corrected chi connectivity index (χ0v) is 13.3. The van der Waals surface area contributed by atoms with Crippen molar-refractivity contribution in [3.8, 4) is 0 Å². The lowest BCUT2D eigenvalue weighted by Gasteiger charge is -2.19. The van der Waals surface area contributed by atoms with Gasteiger partial charge >= 0.3 is 0 Å². The van der Waals surface area contributed by atoms with Crippen molar-refractivity contribution in [2.45, 2.75) is 52.5 Å². The number of sulfonamides is 1. The van der Waals surface area contributed by atoms with E-state index in [-0.39, 0.29) is 6.54 Å². The average Bonchev–Trinajstić information content (AvgIpc) is 2.31. The summed E-state index contributed by atoms with van der Waals surface area (Å²) in [5.74, 6) is 0. The lowest BCUT2D eigenvalue weighted by Crippen LogP contribution is -2.32. The average molecular weight is 285 g/mol. The third-order valence-corrected chi connectivity index (χ3v) is 5.47. The molecule has 0 amide bonds. The highest BCUT2D eigenvalue weighted by atomic mass is 32.2. The van der Waals surface area contributed by atoms with Gasteiger partial charge in [0.1, 0.15) is 0 Å². The molecule has 1 aromatic rings. The topological polar surface area (TPSA) is 66.4 Å². The molecule has 0 unspecified atom stereocenters. The van der Waals surface area contributed by atoms with Crippen LogP contribution < -0.4 is 4.72 Å². The van der Waals surface area contributed by atoms with Crippen LogP contribution in [0, 0.1) is 34.6 Å². The van der Waals surface area contributed by atoms with E-state index in [9.17, 15) is 13.5 Å². The maximum absolute atomic E-state index is 12.4. The molecule has 5 heteroatoms. The van der Waals surface area contributed by atoms with Crippen LogP contribution in [0.3, 0.4) is 0 Å². The molecule has 4 nitrogen and oxygen atoms in total. The molecule has 0 aliphatic carbocycles. The van der Waals surface area contributed by atoms with E-state index in [4.69, 9.17) is 0 Å². The summed E-state index contributed by atoms with van der Waals surface area (Å²) in [6.45, 7) is 11.1. The van der Waals surface area contributed by atoms with Gasteiger partial charge in [0.2, 0.25) is 10.0 Å². The highest BCUT2D eigenvalue weighted by molar-refractivity contribution is 7.89. The summed E-state index contributed by atoms with van der Waals surface area (Å²) >= 11 is 0. The first-order valence-electron chi connectivity index (χ1n) is 6.34. The van der Waals surface area contributed by atoms with Crippen molar-refractivity contribution in [3.63, 3.8) is 0 Å². The Bertz CT molecular complexity index is 560. The Kier molecular flexibility index (Phi) is 4.76. The van der Waals surface area contributed by atoms with Crippen molar-refractivity contribution in [1.82, 2.24) is 4.72 Å². The molecule has 0 aliphatic rings. The van der Waals surface area contributed by atoms with Gasteiger partial charge in [0.05, 0.1) is 11.0 Å². The highest BCUT2D eigenvalue weighted by Crippen LogP contribution is 2.29. The molecule has 1 aromatic carbocycles. The van der Waals surface area contributed by atoms with Gasteiger partial charge in [0, 0.05) is 6.54 Å². The molecular weight excluding hydrogens is 262 g/mol. The van der Waals surface area contributed by atoms with Gasteiger partial charge < -0.3 is 5.11 Å². The largest absolute Gasteiger partial charge is 0.392 e. The first kappa shape index (κ1) is 16.1. The summed E-state index contributed by atoms with van der Waals surface area (Å²) < 4.78 is 27.2. The van der Waals surface area contributed by atoms with Gasteiger partial charge in [-0.3, -0.25) is 0 Å². The second-order valence-corrected chi connectivity index (χ2v) is 6.86. The van der Waals surface area contributed by atoms with Crippen LogP contribution in [0.15, 0.2) is 4.90 Å². The first-order chi connectivity index (χ1) is 8.59. The molecule has 0 saturated heterocycles. The number of aliphatic hydroxyl groups is 1. The van der Waals surface area contributed by atoms with E-state index in [0.29, 0.717) is 4.90 Å². The Morgan fingerprint density at radius 2 is 1.32 bits per heavy atom. The molecular formula is C14H23NO3S. The minimum Gasteiger partial charge on any atom is -0.392 e. The Hall–Kier alpha value is -0.910. The molecule has 0 aromatic heterocycles. The van der Waals surface area contributed by atoms with Crippen LogP contribution in [0.4, 0.5) is 0 Å². The molecule has 0 heterocycles. The van der Waals surface area contributed by atoms with Gasteiger partial charge in [-0.25, -0.2) is 13.1 Å². The Morgan fingerprint density at radius 3 is 1.68 bits per heavy atom.